The van der Waals surface area contributed by atoms with Gasteiger partial charge in [-0.2, -0.15) is 0 Å². The average molecular weight is 268 g/mol. The van der Waals surface area contributed by atoms with Gasteiger partial charge in [-0.15, -0.1) is 0 Å². The van der Waals surface area contributed by atoms with Crippen LogP contribution in [0.15, 0.2) is 36.5 Å². The second-order valence-corrected chi connectivity index (χ2v) is 5.34. The molecular formula is C17H20N2O. The van der Waals surface area contributed by atoms with Crippen LogP contribution in [0.2, 0.25) is 0 Å². The Labute approximate surface area is 119 Å². The molecule has 0 radical (unpaired) electrons. The van der Waals surface area contributed by atoms with E-state index in [-0.39, 0.29) is 5.78 Å². The zero-order valence-electron chi connectivity index (χ0n) is 11.9. The predicted molar refractivity (Wildman–Crippen MR) is 80.7 cm³/mol. The number of fused-ring (bicyclic) bond motifs is 1. The SMILES string of the molecule is CNCCc1ccc(-n2ccc3c2CCCC3=O)cc1. The summed E-state index contributed by atoms with van der Waals surface area (Å²) in [6.07, 6.45) is 5.72. The van der Waals surface area contributed by atoms with E-state index in [1.165, 1.54) is 11.3 Å². The summed E-state index contributed by atoms with van der Waals surface area (Å²) in [5, 5.41) is 3.16. The third-order valence-corrected chi connectivity index (χ3v) is 3.99. The first-order chi connectivity index (χ1) is 9.79. The molecule has 0 unspecified atom stereocenters. The van der Waals surface area contributed by atoms with E-state index in [9.17, 15) is 4.79 Å². The maximum absolute atomic E-state index is 11.9. The van der Waals surface area contributed by atoms with Crippen molar-refractivity contribution in [2.24, 2.45) is 0 Å². The highest BCUT2D eigenvalue weighted by Crippen LogP contribution is 2.25. The topological polar surface area (TPSA) is 34.0 Å². The molecule has 1 heterocycles. The monoisotopic (exact) mass is 268 g/mol. The maximum Gasteiger partial charge on any atom is 0.164 e. The lowest BCUT2D eigenvalue weighted by molar-refractivity contribution is 0.0972. The summed E-state index contributed by atoms with van der Waals surface area (Å²) < 4.78 is 2.16. The summed E-state index contributed by atoms with van der Waals surface area (Å²) in [7, 11) is 1.97. The van der Waals surface area contributed by atoms with E-state index in [2.05, 4.69) is 34.1 Å². The number of nitrogens with one attached hydrogen (secondary N) is 1. The molecule has 1 aromatic carbocycles. The second-order valence-electron chi connectivity index (χ2n) is 5.34. The number of likely N-dealkylation sites (N-methyl/N-ethyl adjacent to an activating group) is 1. The largest absolute Gasteiger partial charge is 0.320 e. The molecule has 2 aromatic rings. The summed E-state index contributed by atoms with van der Waals surface area (Å²) in [4.78, 5) is 11.9. The Morgan fingerprint density at radius 2 is 1.95 bits per heavy atom. The Morgan fingerprint density at radius 1 is 1.15 bits per heavy atom. The number of aromatic nitrogens is 1. The fourth-order valence-corrected chi connectivity index (χ4v) is 2.86. The Kier molecular flexibility index (Phi) is 3.70. The minimum Gasteiger partial charge on any atom is -0.320 e. The normalized spacial score (nSPS) is 14.3. The van der Waals surface area contributed by atoms with Crippen molar-refractivity contribution in [3.05, 3.63) is 53.3 Å². The Morgan fingerprint density at radius 3 is 2.70 bits per heavy atom. The quantitative estimate of drug-likeness (QED) is 0.925. The second kappa shape index (κ2) is 5.63. The lowest BCUT2D eigenvalue weighted by Gasteiger charge is -2.15. The molecule has 0 fully saturated rings. The van der Waals surface area contributed by atoms with Crippen LogP contribution in [0.1, 0.15) is 34.5 Å². The van der Waals surface area contributed by atoms with E-state index in [1.807, 2.05) is 19.3 Å². The smallest absolute Gasteiger partial charge is 0.164 e. The molecule has 0 saturated carbocycles. The summed E-state index contributed by atoms with van der Waals surface area (Å²) in [5.41, 5.74) is 4.56. The molecule has 0 bridgehead atoms. The number of Topliss-reactive ketones (excluding diaryl/α,β-unsaturated/α-hetero) is 1. The van der Waals surface area contributed by atoms with Gasteiger partial charge in [0, 0.05) is 29.6 Å². The molecule has 1 aromatic heterocycles. The highest BCUT2D eigenvalue weighted by Gasteiger charge is 2.20. The fraction of sp³-hybridized carbons (Fsp3) is 0.353. The van der Waals surface area contributed by atoms with Crippen molar-refractivity contribution in [2.45, 2.75) is 25.7 Å². The van der Waals surface area contributed by atoms with Gasteiger partial charge < -0.3 is 9.88 Å². The van der Waals surface area contributed by atoms with Gasteiger partial charge in [-0.1, -0.05) is 12.1 Å². The number of carbonyl (C=O) groups excluding carboxylic acids is 1. The molecule has 3 heteroatoms. The number of carbonyl (C=O) groups is 1. The summed E-state index contributed by atoms with van der Waals surface area (Å²) >= 11 is 0. The van der Waals surface area contributed by atoms with E-state index in [0.29, 0.717) is 6.42 Å². The van der Waals surface area contributed by atoms with Crippen LogP contribution in [0, 0.1) is 0 Å². The van der Waals surface area contributed by atoms with E-state index < -0.39 is 0 Å². The van der Waals surface area contributed by atoms with Gasteiger partial charge in [0.2, 0.25) is 0 Å². The van der Waals surface area contributed by atoms with Crippen molar-refractivity contribution < 1.29 is 4.79 Å². The molecule has 0 aliphatic heterocycles. The van der Waals surface area contributed by atoms with E-state index in [4.69, 9.17) is 0 Å². The van der Waals surface area contributed by atoms with Crippen LogP contribution in [0.4, 0.5) is 0 Å². The number of nitrogens with zero attached hydrogens (tertiary/aromatic N) is 1. The van der Waals surface area contributed by atoms with Crippen LogP contribution in [-0.4, -0.2) is 23.9 Å². The first kappa shape index (κ1) is 13.1. The highest BCUT2D eigenvalue weighted by atomic mass is 16.1. The van der Waals surface area contributed by atoms with Crippen molar-refractivity contribution in [3.8, 4) is 5.69 Å². The van der Waals surface area contributed by atoms with Gasteiger partial charge in [0.15, 0.2) is 5.78 Å². The van der Waals surface area contributed by atoms with Crippen LogP contribution in [0.25, 0.3) is 5.69 Å². The summed E-state index contributed by atoms with van der Waals surface area (Å²) in [6, 6.07) is 10.6. The van der Waals surface area contributed by atoms with Crippen molar-refractivity contribution in [1.29, 1.82) is 0 Å². The van der Waals surface area contributed by atoms with Gasteiger partial charge in [0.25, 0.3) is 0 Å². The first-order valence-corrected chi connectivity index (χ1v) is 7.27. The number of hydrogen-bond acceptors (Lipinski definition) is 2. The summed E-state index contributed by atoms with van der Waals surface area (Å²) in [6.45, 7) is 0.993. The van der Waals surface area contributed by atoms with Gasteiger partial charge in [-0.05, 0) is 56.6 Å². The first-order valence-electron chi connectivity index (χ1n) is 7.27. The van der Waals surface area contributed by atoms with Crippen molar-refractivity contribution in [1.82, 2.24) is 9.88 Å². The van der Waals surface area contributed by atoms with Crippen LogP contribution < -0.4 is 5.32 Å². The Hall–Kier alpha value is -1.87. The third-order valence-electron chi connectivity index (χ3n) is 3.99. The fourth-order valence-electron chi connectivity index (χ4n) is 2.86. The lowest BCUT2D eigenvalue weighted by Crippen LogP contribution is -2.12. The summed E-state index contributed by atoms with van der Waals surface area (Å²) in [5.74, 6) is 0.288. The average Bonchev–Trinajstić information content (AvgIpc) is 2.91. The number of rotatable bonds is 4. The van der Waals surface area contributed by atoms with Crippen molar-refractivity contribution in [2.75, 3.05) is 13.6 Å². The van der Waals surface area contributed by atoms with E-state index in [0.717, 1.165) is 37.1 Å². The standard InChI is InChI=1S/C17H20N2O/c1-18-11-9-13-5-7-14(8-6-13)19-12-10-15-16(19)3-2-4-17(15)20/h5-8,10,12,18H,2-4,9,11H2,1H3. The van der Waals surface area contributed by atoms with Gasteiger partial charge in [-0.3, -0.25) is 4.79 Å². The Balaban J connectivity index is 1.88. The molecule has 0 amide bonds. The van der Waals surface area contributed by atoms with E-state index in [1.54, 1.807) is 0 Å². The molecule has 0 saturated heterocycles. The van der Waals surface area contributed by atoms with Gasteiger partial charge in [0.05, 0.1) is 0 Å². The minimum atomic E-state index is 0.288. The number of ketones is 1. The van der Waals surface area contributed by atoms with Gasteiger partial charge in [0.1, 0.15) is 0 Å². The molecule has 1 N–H and O–H groups in total. The third kappa shape index (κ3) is 2.41. The number of hydrogen-bond donors (Lipinski definition) is 1. The predicted octanol–water partition coefficient (Wildman–Crippen LogP) is 2.76. The van der Waals surface area contributed by atoms with Gasteiger partial charge >= 0.3 is 0 Å². The molecule has 104 valence electrons. The molecule has 1 aliphatic carbocycles. The van der Waals surface area contributed by atoms with Crippen molar-refractivity contribution >= 4 is 5.78 Å². The van der Waals surface area contributed by atoms with E-state index >= 15 is 0 Å². The molecule has 3 rings (SSSR count). The molecule has 3 nitrogen and oxygen atoms in total. The number of benzene rings is 1. The minimum absolute atomic E-state index is 0.288. The highest BCUT2D eigenvalue weighted by molar-refractivity contribution is 5.98. The lowest BCUT2D eigenvalue weighted by atomic mass is 9.96. The molecular weight excluding hydrogens is 248 g/mol. The molecule has 0 atom stereocenters. The zero-order valence-corrected chi connectivity index (χ0v) is 11.9. The molecule has 1 aliphatic rings. The molecule has 0 spiro atoms. The molecule has 20 heavy (non-hydrogen) atoms. The van der Waals surface area contributed by atoms with Gasteiger partial charge in [-0.25, -0.2) is 0 Å². The van der Waals surface area contributed by atoms with Crippen LogP contribution >= 0.6 is 0 Å². The van der Waals surface area contributed by atoms with Crippen LogP contribution in [-0.2, 0) is 12.8 Å². The van der Waals surface area contributed by atoms with Crippen LogP contribution in [0.5, 0.6) is 0 Å². The Bertz CT molecular complexity index is 610. The van der Waals surface area contributed by atoms with Crippen LogP contribution in [0.3, 0.4) is 0 Å². The maximum atomic E-state index is 11.9. The van der Waals surface area contributed by atoms with Crippen molar-refractivity contribution in [3.63, 3.8) is 0 Å². The zero-order chi connectivity index (χ0) is 13.9.